The Hall–Kier alpha value is -1.71. The second kappa shape index (κ2) is 2.65. The van der Waals surface area contributed by atoms with Gasteiger partial charge in [0.2, 0.25) is 5.91 Å². The molecule has 1 aromatic carbocycles. The second-order valence-corrected chi connectivity index (χ2v) is 3.09. The van der Waals surface area contributed by atoms with Crippen LogP contribution in [0.2, 0.25) is 0 Å². The summed E-state index contributed by atoms with van der Waals surface area (Å²) in [6.07, 6.45) is 0. The van der Waals surface area contributed by atoms with Gasteiger partial charge in [-0.05, 0) is 18.6 Å². The van der Waals surface area contributed by atoms with Crippen LogP contribution in [0.5, 0.6) is 5.75 Å². The molecule has 0 aliphatic carbocycles. The minimum absolute atomic E-state index is 0.0544. The van der Waals surface area contributed by atoms with E-state index < -0.39 is 0 Å². The minimum atomic E-state index is -0.0544. The number of aromatic hydroxyl groups is 1. The van der Waals surface area contributed by atoms with Gasteiger partial charge in [0, 0.05) is 6.07 Å². The number of carbonyl (C=O) groups excluding carboxylic acids is 1. The normalized spacial score (nSPS) is 14.4. The van der Waals surface area contributed by atoms with Crippen LogP contribution in [0, 0.1) is 6.92 Å². The van der Waals surface area contributed by atoms with E-state index in [0.29, 0.717) is 0 Å². The summed E-state index contributed by atoms with van der Waals surface area (Å²) in [7, 11) is 0. The standard InChI is InChI=1S/C9H10N2O2/c1-5-2-6(12)3-7-9(5)11-8(13)4-10-7/h2-3,10,12H,4H2,1H3,(H,11,13). The van der Waals surface area contributed by atoms with Gasteiger partial charge in [-0.2, -0.15) is 0 Å². The highest BCUT2D eigenvalue weighted by Gasteiger charge is 2.16. The van der Waals surface area contributed by atoms with E-state index in [-0.39, 0.29) is 18.2 Å². The Labute approximate surface area is 75.6 Å². The third-order valence-electron chi connectivity index (χ3n) is 2.02. The highest BCUT2D eigenvalue weighted by atomic mass is 16.3. The molecule has 0 fully saturated rings. The smallest absolute Gasteiger partial charge is 0.243 e. The lowest BCUT2D eigenvalue weighted by molar-refractivity contribution is -0.114. The quantitative estimate of drug-likeness (QED) is 0.521. The van der Waals surface area contributed by atoms with Crippen molar-refractivity contribution in [2.45, 2.75) is 6.92 Å². The van der Waals surface area contributed by atoms with Crippen molar-refractivity contribution in [2.75, 3.05) is 17.2 Å². The Morgan fingerprint density at radius 2 is 2.23 bits per heavy atom. The van der Waals surface area contributed by atoms with Crippen LogP contribution >= 0.6 is 0 Å². The molecule has 0 spiro atoms. The molecule has 1 heterocycles. The van der Waals surface area contributed by atoms with E-state index in [4.69, 9.17) is 0 Å². The molecule has 1 aliphatic heterocycles. The van der Waals surface area contributed by atoms with Crippen LogP contribution in [0.4, 0.5) is 11.4 Å². The Bertz CT molecular complexity index is 374. The van der Waals surface area contributed by atoms with Crippen molar-refractivity contribution in [3.05, 3.63) is 17.7 Å². The number of phenols is 1. The highest BCUT2D eigenvalue weighted by Crippen LogP contribution is 2.32. The molecular weight excluding hydrogens is 168 g/mol. The predicted octanol–water partition coefficient (Wildman–Crippen LogP) is 1.06. The molecule has 4 nitrogen and oxygen atoms in total. The number of rotatable bonds is 0. The topological polar surface area (TPSA) is 61.4 Å². The van der Waals surface area contributed by atoms with Crippen molar-refractivity contribution in [3.63, 3.8) is 0 Å². The molecule has 0 radical (unpaired) electrons. The van der Waals surface area contributed by atoms with Crippen LogP contribution < -0.4 is 10.6 Å². The first-order chi connectivity index (χ1) is 6.16. The Balaban J connectivity index is 2.53. The number of fused-ring (bicyclic) bond motifs is 1. The largest absolute Gasteiger partial charge is 0.508 e. The summed E-state index contributed by atoms with van der Waals surface area (Å²) >= 11 is 0. The van der Waals surface area contributed by atoms with Gasteiger partial charge in [0.25, 0.3) is 0 Å². The first kappa shape index (κ1) is 7.91. The molecule has 4 heteroatoms. The maximum Gasteiger partial charge on any atom is 0.243 e. The lowest BCUT2D eigenvalue weighted by Gasteiger charge is -2.20. The SMILES string of the molecule is Cc1cc(O)cc2c1NC(=O)CN2. The molecule has 1 aliphatic rings. The lowest BCUT2D eigenvalue weighted by atomic mass is 10.1. The summed E-state index contributed by atoms with van der Waals surface area (Å²) in [6, 6.07) is 3.22. The molecule has 0 unspecified atom stereocenters. The third kappa shape index (κ3) is 1.30. The van der Waals surface area contributed by atoms with Gasteiger partial charge < -0.3 is 15.7 Å². The number of hydrogen-bond donors (Lipinski definition) is 3. The van der Waals surface area contributed by atoms with Crippen molar-refractivity contribution < 1.29 is 9.90 Å². The number of carbonyl (C=O) groups is 1. The number of hydrogen-bond acceptors (Lipinski definition) is 3. The van der Waals surface area contributed by atoms with E-state index in [9.17, 15) is 9.90 Å². The molecule has 3 N–H and O–H groups in total. The summed E-state index contributed by atoms with van der Waals surface area (Å²) in [5.74, 6) is 0.154. The number of amides is 1. The number of benzene rings is 1. The fourth-order valence-corrected chi connectivity index (χ4v) is 1.43. The zero-order valence-electron chi connectivity index (χ0n) is 7.22. The van der Waals surface area contributed by atoms with E-state index in [1.54, 1.807) is 12.1 Å². The first-order valence-corrected chi connectivity index (χ1v) is 4.04. The maximum absolute atomic E-state index is 11.0. The van der Waals surface area contributed by atoms with E-state index >= 15 is 0 Å². The van der Waals surface area contributed by atoms with Gasteiger partial charge in [0.15, 0.2) is 0 Å². The molecule has 0 bridgehead atoms. The lowest BCUT2D eigenvalue weighted by Crippen LogP contribution is -2.27. The summed E-state index contributed by atoms with van der Waals surface area (Å²) in [5, 5.41) is 14.9. The van der Waals surface area contributed by atoms with Gasteiger partial charge in [-0.15, -0.1) is 0 Å². The van der Waals surface area contributed by atoms with Gasteiger partial charge >= 0.3 is 0 Å². The summed E-state index contributed by atoms with van der Waals surface area (Å²) in [5.41, 5.74) is 2.39. The predicted molar refractivity (Wildman–Crippen MR) is 50.0 cm³/mol. The molecule has 0 atom stereocenters. The summed E-state index contributed by atoms with van der Waals surface area (Å²) in [6.45, 7) is 2.10. The van der Waals surface area contributed by atoms with Crippen molar-refractivity contribution in [1.29, 1.82) is 0 Å². The van der Waals surface area contributed by atoms with Crippen LogP contribution in [0.1, 0.15) is 5.56 Å². The van der Waals surface area contributed by atoms with Crippen LogP contribution in [0.3, 0.4) is 0 Å². The van der Waals surface area contributed by atoms with Crippen molar-refractivity contribution in [2.24, 2.45) is 0 Å². The molecule has 0 saturated heterocycles. The molecule has 1 aromatic rings. The van der Waals surface area contributed by atoms with E-state index in [2.05, 4.69) is 10.6 Å². The summed E-state index contributed by atoms with van der Waals surface area (Å²) < 4.78 is 0. The number of anilines is 2. The average molecular weight is 178 g/mol. The molecule has 13 heavy (non-hydrogen) atoms. The Morgan fingerprint density at radius 1 is 1.46 bits per heavy atom. The van der Waals surface area contributed by atoms with Gasteiger partial charge in [-0.1, -0.05) is 0 Å². The zero-order chi connectivity index (χ0) is 9.42. The number of phenolic OH excluding ortho intramolecular Hbond substituents is 1. The Morgan fingerprint density at radius 3 is 3.00 bits per heavy atom. The van der Waals surface area contributed by atoms with Gasteiger partial charge in [-0.3, -0.25) is 4.79 Å². The molecule has 1 amide bonds. The fraction of sp³-hybridized carbons (Fsp3) is 0.222. The second-order valence-electron chi connectivity index (χ2n) is 3.09. The average Bonchev–Trinajstić information content (AvgIpc) is 2.06. The van der Waals surface area contributed by atoms with E-state index in [0.717, 1.165) is 16.9 Å². The highest BCUT2D eigenvalue weighted by molar-refractivity contribution is 6.01. The minimum Gasteiger partial charge on any atom is -0.508 e. The number of aryl methyl sites for hydroxylation is 1. The van der Waals surface area contributed by atoms with E-state index in [1.165, 1.54) is 0 Å². The van der Waals surface area contributed by atoms with Gasteiger partial charge in [-0.25, -0.2) is 0 Å². The monoisotopic (exact) mass is 178 g/mol. The third-order valence-corrected chi connectivity index (χ3v) is 2.02. The molecule has 68 valence electrons. The first-order valence-electron chi connectivity index (χ1n) is 4.04. The molecule has 0 aromatic heterocycles. The Kier molecular flexibility index (Phi) is 1.62. The van der Waals surface area contributed by atoms with E-state index in [1.807, 2.05) is 6.92 Å². The molecule has 0 saturated carbocycles. The van der Waals surface area contributed by atoms with Crippen molar-refractivity contribution in [3.8, 4) is 5.75 Å². The fourth-order valence-electron chi connectivity index (χ4n) is 1.43. The summed E-state index contributed by atoms with van der Waals surface area (Å²) in [4.78, 5) is 11.0. The molecular formula is C9H10N2O2. The van der Waals surface area contributed by atoms with Crippen LogP contribution in [0.15, 0.2) is 12.1 Å². The van der Waals surface area contributed by atoms with Crippen LogP contribution in [-0.2, 0) is 4.79 Å². The maximum atomic E-state index is 11.0. The van der Waals surface area contributed by atoms with Gasteiger partial charge in [0.05, 0.1) is 17.9 Å². The molecule has 2 rings (SSSR count). The van der Waals surface area contributed by atoms with Crippen LogP contribution in [-0.4, -0.2) is 17.6 Å². The van der Waals surface area contributed by atoms with Gasteiger partial charge in [0.1, 0.15) is 5.75 Å². The van der Waals surface area contributed by atoms with Crippen molar-refractivity contribution >= 4 is 17.3 Å². The van der Waals surface area contributed by atoms with Crippen molar-refractivity contribution in [1.82, 2.24) is 0 Å². The van der Waals surface area contributed by atoms with Crippen LogP contribution in [0.25, 0.3) is 0 Å². The number of nitrogens with one attached hydrogen (secondary N) is 2. The zero-order valence-corrected chi connectivity index (χ0v) is 7.22.